The summed E-state index contributed by atoms with van der Waals surface area (Å²) in [5.74, 6) is -0.213. The summed E-state index contributed by atoms with van der Waals surface area (Å²) in [6, 6.07) is 7.47. The first-order valence-corrected chi connectivity index (χ1v) is 5.64. The van der Waals surface area contributed by atoms with Crippen molar-refractivity contribution in [3.05, 3.63) is 43.0 Å². The fourth-order valence-electron chi connectivity index (χ4n) is 1.40. The fourth-order valence-corrected chi connectivity index (χ4v) is 1.45. The molecule has 88 valence electrons. The van der Waals surface area contributed by atoms with E-state index in [0.29, 0.717) is 5.69 Å². The van der Waals surface area contributed by atoms with Crippen LogP contribution in [0, 0.1) is 0 Å². The quantitative estimate of drug-likeness (QED) is 0.850. The molecule has 17 heavy (non-hydrogen) atoms. The number of alkyl halides is 1. The van der Waals surface area contributed by atoms with Crippen molar-refractivity contribution in [2.24, 2.45) is 0 Å². The van der Waals surface area contributed by atoms with Gasteiger partial charge in [0.25, 0.3) is 0 Å². The number of nitrogens with one attached hydrogen (secondary N) is 1. The minimum absolute atomic E-state index is 0.213. The standard InChI is InChI=1S/C12H12ClN3O/c1-9(13)12(17)15-10-3-2-4-11(7-10)16-6-5-14-8-16/h2-9H,1H3,(H,15,17). The molecule has 0 aliphatic heterocycles. The van der Waals surface area contributed by atoms with Gasteiger partial charge in [0.05, 0.1) is 6.33 Å². The number of halogens is 1. The van der Waals surface area contributed by atoms with Crippen LogP contribution in [0.25, 0.3) is 5.69 Å². The summed E-state index contributed by atoms with van der Waals surface area (Å²) in [6.45, 7) is 1.64. The first-order chi connectivity index (χ1) is 8.16. The van der Waals surface area contributed by atoms with Gasteiger partial charge in [0.15, 0.2) is 0 Å². The predicted octanol–water partition coefficient (Wildman–Crippen LogP) is 2.44. The van der Waals surface area contributed by atoms with E-state index in [9.17, 15) is 4.79 Å². The summed E-state index contributed by atoms with van der Waals surface area (Å²) in [6.07, 6.45) is 5.24. The molecule has 0 spiro atoms. The molecule has 0 aliphatic rings. The Labute approximate surface area is 104 Å². The number of carbonyl (C=O) groups is 1. The maximum Gasteiger partial charge on any atom is 0.242 e. The van der Waals surface area contributed by atoms with E-state index >= 15 is 0 Å². The van der Waals surface area contributed by atoms with Crippen LogP contribution in [0.5, 0.6) is 0 Å². The first-order valence-electron chi connectivity index (χ1n) is 5.20. The normalized spacial score (nSPS) is 12.1. The molecule has 1 heterocycles. The topological polar surface area (TPSA) is 46.9 Å². The van der Waals surface area contributed by atoms with Crippen molar-refractivity contribution in [2.45, 2.75) is 12.3 Å². The first kappa shape index (κ1) is 11.7. The summed E-state index contributed by atoms with van der Waals surface area (Å²) in [7, 11) is 0. The number of rotatable bonds is 3. The number of benzene rings is 1. The second-order valence-corrected chi connectivity index (χ2v) is 4.28. The summed E-state index contributed by atoms with van der Waals surface area (Å²) in [5.41, 5.74) is 1.65. The molecule has 0 fully saturated rings. The van der Waals surface area contributed by atoms with Gasteiger partial charge >= 0.3 is 0 Å². The van der Waals surface area contributed by atoms with Crippen molar-refractivity contribution in [3.8, 4) is 5.69 Å². The zero-order chi connectivity index (χ0) is 12.3. The number of hydrogen-bond acceptors (Lipinski definition) is 2. The van der Waals surface area contributed by atoms with Gasteiger partial charge in [-0.05, 0) is 25.1 Å². The number of hydrogen-bond donors (Lipinski definition) is 1. The molecule has 4 nitrogen and oxygen atoms in total. The van der Waals surface area contributed by atoms with Crippen molar-refractivity contribution in [3.63, 3.8) is 0 Å². The van der Waals surface area contributed by atoms with Crippen LogP contribution in [0.1, 0.15) is 6.92 Å². The highest BCUT2D eigenvalue weighted by molar-refractivity contribution is 6.32. The van der Waals surface area contributed by atoms with Gasteiger partial charge in [0, 0.05) is 23.8 Å². The predicted molar refractivity (Wildman–Crippen MR) is 67.5 cm³/mol. The summed E-state index contributed by atoms with van der Waals surface area (Å²) < 4.78 is 1.86. The molecule has 2 rings (SSSR count). The highest BCUT2D eigenvalue weighted by Gasteiger charge is 2.09. The van der Waals surface area contributed by atoms with E-state index in [4.69, 9.17) is 11.6 Å². The Hall–Kier alpha value is -1.81. The highest BCUT2D eigenvalue weighted by Crippen LogP contribution is 2.15. The molecule has 1 N–H and O–H groups in total. The van der Waals surface area contributed by atoms with Crippen LogP contribution >= 0.6 is 11.6 Å². The van der Waals surface area contributed by atoms with Crippen LogP contribution in [-0.2, 0) is 4.79 Å². The Balaban J connectivity index is 2.20. The zero-order valence-corrected chi connectivity index (χ0v) is 10.1. The molecule has 1 aromatic carbocycles. The van der Waals surface area contributed by atoms with Gasteiger partial charge in [-0.25, -0.2) is 4.98 Å². The minimum atomic E-state index is -0.549. The van der Waals surface area contributed by atoms with Crippen LogP contribution in [-0.4, -0.2) is 20.8 Å². The van der Waals surface area contributed by atoms with Crippen molar-refractivity contribution in [2.75, 3.05) is 5.32 Å². The van der Waals surface area contributed by atoms with Crippen molar-refractivity contribution < 1.29 is 4.79 Å². The maximum atomic E-state index is 11.4. The van der Waals surface area contributed by atoms with E-state index in [1.54, 1.807) is 19.4 Å². The van der Waals surface area contributed by atoms with Gasteiger partial charge in [0.2, 0.25) is 5.91 Å². The molecule has 1 atom stereocenters. The molecule has 1 aromatic heterocycles. The number of aromatic nitrogens is 2. The Kier molecular flexibility index (Phi) is 3.44. The smallest absolute Gasteiger partial charge is 0.242 e. The molecular weight excluding hydrogens is 238 g/mol. The lowest BCUT2D eigenvalue weighted by Crippen LogP contribution is -2.20. The SMILES string of the molecule is CC(Cl)C(=O)Nc1cccc(-n2ccnc2)c1. The second kappa shape index (κ2) is 5.01. The molecule has 1 unspecified atom stereocenters. The third-order valence-corrected chi connectivity index (χ3v) is 2.48. The molecule has 0 bridgehead atoms. The van der Waals surface area contributed by atoms with Crippen LogP contribution < -0.4 is 5.32 Å². The van der Waals surface area contributed by atoms with Gasteiger partial charge < -0.3 is 9.88 Å². The lowest BCUT2D eigenvalue weighted by molar-refractivity contribution is -0.115. The lowest BCUT2D eigenvalue weighted by atomic mass is 10.2. The van der Waals surface area contributed by atoms with E-state index in [2.05, 4.69) is 10.3 Å². The number of nitrogens with zero attached hydrogens (tertiary/aromatic N) is 2. The van der Waals surface area contributed by atoms with Crippen molar-refractivity contribution >= 4 is 23.2 Å². The molecule has 0 aliphatic carbocycles. The van der Waals surface area contributed by atoms with Gasteiger partial charge in [-0.1, -0.05) is 6.07 Å². The minimum Gasteiger partial charge on any atom is -0.325 e. The second-order valence-electron chi connectivity index (χ2n) is 3.63. The third-order valence-electron chi connectivity index (χ3n) is 2.28. The molecule has 0 saturated heterocycles. The van der Waals surface area contributed by atoms with E-state index in [1.165, 1.54) is 0 Å². The van der Waals surface area contributed by atoms with E-state index in [0.717, 1.165) is 5.69 Å². The van der Waals surface area contributed by atoms with Gasteiger partial charge in [-0.2, -0.15) is 0 Å². The Morgan fingerprint density at radius 3 is 3.00 bits per heavy atom. The van der Waals surface area contributed by atoms with E-state index < -0.39 is 5.38 Å². The molecule has 2 aromatic rings. The van der Waals surface area contributed by atoms with Crippen LogP contribution in [0.4, 0.5) is 5.69 Å². The van der Waals surface area contributed by atoms with Crippen molar-refractivity contribution in [1.82, 2.24) is 9.55 Å². The number of anilines is 1. The van der Waals surface area contributed by atoms with Gasteiger partial charge in [-0.15, -0.1) is 11.6 Å². The fraction of sp³-hybridized carbons (Fsp3) is 0.167. The average Bonchev–Trinajstić information content (AvgIpc) is 2.82. The summed E-state index contributed by atoms with van der Waals surface area (Å²) in [4.78, 5) is 15.4. The molecule has 0 radical (unpaired) electrons. The summed E-state index contributed by atoms with van der Waals surface area (Å²) >= 11 is 5.69. The van der Waals surface area contributed by atoms with E-state index in [1.807, 2.05) is 35.0 Å². The number of carbonyl (C=O) groups excluding carboxylic acids is 1. The largest absolute Gasteiger partial charge is 0.325 e. The van der Waals surface area contributed by atoms with E-state index in [-0.39, 0.29) is 5.91 Å². The molecule has 5 heteroatoms. The van der Waals surface area contributed by atoms with Gasteiger partial charge in [0.1, 0.15) is 5.38 Å². The molecule has 0 saturated carbocycles. The summed E-state index contributed by atoms with van der Waals surface area (Å²) in [5, 5.41) is 2.19. The molecule has 1 amide bonds. The highest BCUT2D eigenvalue weighted by atomic mass is 35.5. The average molecular weight is 250 g/mol. The monoisotopic (exact) mass is 249 g/mol. The van der Waals surface area contributed by atoms with Crippen LogP contribution in [0.2, 0.25) is 0 Å². The van der Waals surface area contributed by atoms with Crippen LogP contribution in [0.15, 0.2) is 43.0 Å². The lowest BCUT2D eigenvalue weighted by Gasteiger charge is -2.08. The van der Waals surface area contributed by atoms with Crippen LogP contribution in [0.3, 0.4) is 0 Å². The Morgan fingerprint density at radius 1 is 1.53 bits per heavy atom. The number of imidazole rings is 1. The van der Waals surface area contributed by atoms with Crippen molar-refractivity contribution in [1.29, 1.82) is 0 Å². The third kappa shape index (κ3) is 2.85. The Morgan fingerprint density at radius 2 is 2.35 bits per heavy atom. The maximum absolute atomic E-state index is 11.4. The number of amides is 1. The zero-order valence-electron chi connectivity index (χ0n) is 9.30. The Bertz CT molecular complexity index is 508. The van der Waals surface area contributed by atoms with Gasteiger partial charge in [-0.3, -0.25) is 4.79 Å². The molecular formula is C12H12ClN3O.